The van der Waals surface area contributed by atoms with Gasteiger partial charge in [-0.2, -0.15) is 0 Å². The normalized spacial score (nSPS) is 18.4. The molecule has 75 heavy (non-hydrogen) atoms. The molecule has 0 saturated carbocycles. The van der Waals surface area contributed by atoms with Crippen LogP contribution in [-0.2, 0) is 42.9 Å². The third-order valence-corrected chi connectivity index (χ3v) is 13.9. The van der Waals surface area contributed by atoms with Crippen molar-refractivity contribution < 1.29 is 58.2 Å². The number of hydrogen-bond acceptors (Lipinski definition) is 11. The maximum Gasteiger partial charge on any atom is 0.335 e. The van der Waals surface area contributed by atoms with Crippen molar-refractivity contribution in [3.8, 4) is 0 Å². The number of carbonyl (C=O) groups excluding carboxylic acids is 3. The van der Waals surface area contributed by atoms with Crippen molar-refractivity contribution in [3.05, 3.63) is 48.6 Å². The van der Waals surface area contributed by atoms with Crippen LogP contribution in [0.3, 0.4) is 0 Å². The van der Waals surface area contributed by atoms with Crippen LogP contribution in [0.4, 0.5) is 0 Å². The van der Waals surface area contributed by atoms with Gasteiger partial charge in [0.1, 0.15) is 18.8 Å². The monoisotopic (exact) mass is 1060 g/mol. The summed E-state index contributed by atoms with van der Waals surface area (Å²) in [4.78, 5) is 51.2. The zero-order valence-corrected chi connectivity index (χ0v) is 47.8. The molecule has 0 aliphatic carbocycles. The summed E-state index contributed by atoms with van der Waals surface area (Å²) in [5.41, 5.74) is 0. The van der Waals surface area contributed by atoms with Crippen LogP contribution in [-0.4, -0.2) is 89.2 Å². The summed E-state index contributed by atoms with van der Waals surface area (Å²) in [5.74, 6) is -3.13. The summed E-state index contributed by atoms with van der Waals surface area (Å²) in [6, 6.07) is 0. The van der Waals surface area contributed by atoms with E-state index in [1.807, 2.05) is 0 Å². The van der Waals surface area contributed by atoms with E-state index in [-0.39, 0.29) is 25.9 Å². The Balaban J connectivity index is 2.69. The average Bonchev–Trinajstić information content (AvgIpc) is 3.39. The highest BCUT2D eigenvalue weighted by molar-refractivity contribution is 5.74. The molecule has 0 radical (unpaired) electrons. The minimum absolute atomic E-state index is 0.0619. The van der Waals surface area contributed by atoms with Gasteiger partial charge in [-0.15, -0.1) is 0 Å². The third-order valence-electron chi connectivity index (χ3n) is 13.9. The molecule has 0 bridgehead atoms. The Morgan fingerprint density at radius 1 is 0.453 bits per heavy atom. The summed E-state index contributed by atoms with van der Waals surface area (Å²) in [7, 11) is 0. The fraction of sp³-hybridized carbons (Fsp3) is 0.810. The number of allylic oxidation sites excluding steroid dienone is 8. The van der Waals surface area contributed by atoms with Crippen molar-refractivity contribution in [2.45, 2.75) is 314 Å². The largest absolute Gasteiger partial charge is 0.479 e. The Labute approximate surface area is 456 Å². The quantitative estimate of drug-likeness (QED) is 0.0228. The molecule has 0 spiro atoms. The Bertz CT molecular complexity index is 1490. The predicted octanol–water partition coefficient (Wildman–Crippen LogP) is 15.8. The lowest BCUT2D eigenvalue weighted by Gasteiger charge is -2.40. The first kappa shape index (κ1) is 69.7. The van der Waals surface area contributed by atoms with Gasteiger partial charge < -0.3 is 39.0 Å². The molecule has 1 aliphatic rings. The van der Waals surface area contributed by atoms with E-state index in [0.717, 1.165) is 116 Å². The van der Waals surface area contributed by atoms with E-state index in [1.165, 1.54) is 103 Å². The van der Waals surface area contributed by atoms with E-state index in [4.69, 9.17) is 23.7 Å². The number of carboxylic acid groups (broad SMARTS) is 1. The lowest BCUT2D eigenvalue weighted by atomic mass is 9.98. The van der Waals surface area contributed by atoms with Gasteiger partial charge in [0.2, 0.25) is 0 Å². The fourth-order valence-electron chi connectivity index (χ4n) is 9.20. The van der Waals surface area contributed by atoms with Gasteiger partial charge in [-0.3, -0.25) is 14.4 Å². The first-order chi connectivity index (χ1) is 36.6. The molecule has 12 heteroatoms. The summed E-state index contributed by atoms with van der Waals surface area (Å²) in [5, 5.41) is 31.5. The number of unbranched alkanes of at least 4 members (excludes halogenated alkanes) is 30. The van der Waals surface area contributed by atoms with Crippen molar-refractivity contribution in [2.24, 2.45) is 0 Å². The van der Waals surface area contributed by atoms with E-state index in [1.54, 1.807) is 0 Å². The molecule has 3 N–H and O–H groups in total. The van der Waals surface area contributed by atoms with Crippen LogP contribution >= 0.6 is 0 Å². The molecule has 12 nitrogen and oxygen atoms in total. The highest BCUT2D eigenvalue weighted by Gasteiger charge is 2.50. The topological polar surface area (TPSA) is 175 Å². The lowest BCUT2D eigenvalue weighted by molar-refractivity contribution is -0.301. The van der Waals surface area contributed by atoms with Gasteiger partial charge in [0.25, 0.3) is 0 Å². The van der Waals surface area contributed by atoms with Gasteiger partial charge in [0.05, 0.1) is 6.61 Å². The molecular weight excluding hydrogens is 949 g/mol. The number of carbonyl (C=O) groups is 4. The summed E-state index contributed by atoms with van der Waals surface area (Å²) >= 11 is 0. The van der Waals surface area contributed by atoms with Crippen molar-refractivity contribution in [2.75, 3.05) is 13.2 Å². The second kappa shape index (κ2) is 51.4. The molecule has 1 rings (SSSR count). The standard InChI is InChI=1S/C63H110O12/c1-4-7-10-13-16-19-22-25-28-31-34-37-40-43-46-49-55(64)71-52-54(73-56(65)50-47-44-41-38-35-32-29-26-23-20-17-14-11-8-5-2)53-72-63-61(59(68)58(67)60(75-63)62(69)70)74-57(66)51-48-45-42-39-36-33-30-27-24-21-18-15-12-9-6-3/h7,10,16,19,25-26,28-29,54,58-61,63,67-68H,4-6,8-9,11-15,17-18,20-24,27,30-53H2,1-3H3,(H,69,70)/b10-7-,19-16-,28-25-,29-26-. The molecule has 1 fully saturated rings. The molecule has 1 heterocycles. The number of rotatable bonds is 52. The molecule has 1 aliphatic heterocycles. The van der Waals surface area contributed by atoms with Crippen LogP contribution in [0.5, 0.6) is 0 Å². The van der Waals surface area contributed by atoms with Crippen LogP contribution in [0, 0.1) is 0 Å². The Kier molecular flexibility index (Phi) is 47.8. The molecule has 6 unspecified atom stereocenters. The highest BCUT2D eigenvalue weighted by Crippen LogP contribution is 2.27. The van der Waals surface area contributed by atoms with Gasteiger partial charge >= 0.3 is 23.9 Å². The Morgan fingerprint density at radius 2 is 0.840 bits per heavy atom. The SMILES string of the molecule is CC/C=C\C/C=C\C/C=C\CCCCCCCC(=O)OCC(COC1OC(C(=O)O)C(O)C(O)C1OC(=O)CCCCCCCCCCCCCCCCC)OC(=O)CCCCCCC/C=C\CCCCCCCC. The van der Waals surface area contributed by atoms with Crippen molar-refractivity contribution in [1.82, 2.24) is 0 Å². The molecule has 1 saturated heterocycles. The van der Waals surface area contributed by atoms with E-state index in [9.17, 15) is 34.5 Å². The first-order valence-corrected chi connectivity index (χ1v) is 30.6. The third kappa shape index (κ3) is 41.5. The first-order valence-electron chi connectivity index (χ1n) is 30.6. The highest BCUT2D eigenvalue weighted by atomic mass is 16.7. The number of aliphatic carboxylic acids is 1. The van der Waals surface area contributed by atoms with Gasteiger partial charge in [0, 0.05) is 19.3 Å². The molecule has 0 aromatic rings. The minimum Gasteiger partial charge on any atom is -0.479 e. The van der Waals surface area contributed by atoms with E-state index in [2.05, 4.69) is 69.4 Å². The van der Waals surface area contributed by atoms with Gasteiger partial charge in [-0.05, 0) is 77.0 Å². The van der Waals surface area contributed by atoms with E-state index >= 15 is 0 Å². The van der Waals surface area contributed by atoms with Crippen molar-refractivity contribution in [3.63, 3.8) is 0 Å². The van der Waals surface area contributed by atoms with Crippen molar-refractivity contribution in [1.29, 1.82) is 0 Å². The smallest absolute Gasteiger partial charge is 0.335 e. The fourth-order valence-corrected chi connectivity index (χ4v) is 9.20. The number of aliphatic hydroxyl groups is 2. The number of hydrogen-bond donors (Lipinski definition) is 3. The predicted molar refractivity (Wildman–Crippen MR) is 303 cm³/mol. The van der Waals surface area contributed by atoms with Crippen LogP contribution < -0.4 is 0 Å². The second-order valence-corrected chi connectivity index (χ2v) is 21.0. The van der Waals surface area contributed by atoms with E-state index < -0.39 is 67.3 Å². The van der Waals surface area contributed by atoms with Crippen LogP contribution in [0.2, 0.25) is 0 Å². The van der Waals surface area contributed by atoms with Gasteiger partial charge in [0.15, 0.2) is 24.6 Å². The maximum atomic E-state index is 13.2. The maximum absolute atomic E-state index is 13.2. The minimum atomic E-state index is -1.90. The molecule has 0 aromatic carbocycles. The lowest BCUT2D eigenvalue weighted by Crippen LogP contribution is -2.61. The zero-order chi connectivity index (χ0) is 54.7. The Morgan fingerprint density at radius 3 is 1.29 bits per heavy atom. The molecule has 0 amide bonds. The molecular formula is C63H110O12. The van der Waals surface area contributed by atoms with Crippen molar-refractivity contribution >= 4 is 23.9 Å². The Hall–Kier alpha value is -3.32. The molecule has 6 atom stereocenters. The summed E-state index contributed by atoms with van der Waals surface area (Å²) in [6.45, 7) is 5.88. The molecule has 0 aromatic heterocycles. The second-order valence-electron chi connectivity index (χ2n) is 21.0. The average molecular weight is 1060 g/mol. The van der Waals surface area contributed by atoms with Gasteiger partial charge in [-0.1, -0.05) is 230 Å². The van der Waals surface area contributed by atoms with Crippen LogP contribution in [0.1, 0.15) is 278 Å². The number of ether oxygens (including phenoxy) is 5. The van der Waals surface area contributed by atoms with E-state index in [0.29, 0.717) is 19.3 Å². The number of esters is 3. The summed E-state index contributed by atoms with van der Waals surface area (Å²) in [6.07, 6.45) is 49.3. The number of carboxylic acids is 1. The number of aliphatic hydroxyl groups excluding tert-OH is 2. The zero-order valence-electron chi connectivity index (χ0n) is 47.8. The summed E-state index contributed by atoms with van der Waals surface area (Å²) < 4.78 is 28.5. The van der Waals surface area contributed by atoms with Crippen LogP contribution in [0.15, 0.2) is 48.6 Å². The molecule has 434 valence electrons. The van der Waals surface area contributed by atoms with Crippen LogP contribution in [0.25, 0.3) is 0 Å². The van der Waals surface area contributed by atoms with Gasteiger partial charge in [-0.25, -0.2) is 4.79 Å².